The number of rotatable bonds is 4. The normalized spacial score (nSPS) is 17.3. The van der Waals surface area contributed by atoms with Crippen LogP contribution in [0.2, 0.25) is 0 Å². The largest absolute Gasteiger partial charge is 0.395 e. The third-order valence-electron chi connectivity index (χ3n) is 0.877. The minimum Gasteiger partial charge on any atom is -0.395 e. The molecule has 0 saturated carbocycles. The van der Waals surface area contributed by atoms with Gasteiger partial charge < -0.3 is 5.11 Å². The number of hydrogen-bond acceptors (Lipinski definition) is 1. The first-order valence-electron chi connectivity index (χ1n) is 2.65. The van der Waals surface area contributed by atoms with E-state index in [0.717, 1.165) is 0 Å². The summed E-state index contributed by atoms with van der Waals surface area (Å²) >= 11 is 16.5. The van der Waals surface area contributed by atoms with Crippen LogP contribution in [-0.2, 0) is 0 Å². The molecule has 56 valence electrons. The van der Waals surface area contributed by atoms with Crippen LogP contribution < -0.4 is 0 Å². The Morgan fingerprint density at radius 2 is 1.78 bits per heavy atom. The van der Waals surface area contributed by atoms with Crippen molar-refractivity contribution in [2.75, 3.05) is 12.5 Å². The first-order chi connectivity index (χ1) is 4.20. The van der Waals surface area contributed by atoms with E-state index in [4.69, 9.17) is 39.9 Å². The van der Waals surface area contributed by atoms with Crippen molar-refractivity contribution >= 4 is 34.8 Å². The quantitative estimate of drug-likeness (QED) is 0.672. The summed E-state index contributed by atoms with van der Waals surface area (Å²) < 4.78 is 0. The van der Waals surface area contributed by atoms with Crippen molar-refractivity contribution in [3.63, 3.8) is 0 Å². The third-order valence-corrected chi connectivity index (χ3v) is 2.06. The topological polar surface area (TPSA) is 20.2 Å². The molecule has 0 aromatic rings. The average Bonchev–Trinajstić information content (AvgIpc) is 1.87. The lowest BCUT2D eigenvalue weighted by atomic mass is 10.2. The van der Waals surface area contributed by atoms with Gasteiger partial charge in [0.05, 0.1) is 12.0 Å². The molecule has 1 N–H and O–H groups in total. The Hall–Kier alpha value is 0.830. The van der Waals surface area contributed by atoms with Crippen LogP contribution in [0, 0.1) is 0 Å². The van der Waals surface area contributed by atoms with E-state index in [1.165, 1.54) is 0 Å². The van der Waals surface area contributed by atoms with Gasteiger partial charge in [-0.05, 0) is 6.42 Å². The van der Waals surface area contributed by atoms with Gasteiger partial charge in [0, 0.05) is 11.3 Å². The van der Waals surface area contributed by atoms with Gasteiger partial charge in [-0.1, -0.05) is 0 Å². The molecule has 0 aliphatic carbocycles. The van der Waals surface area contributed by atoms with Crippen LogP contribution in [0.4, 0.5) is 0 Å². The van der Waals surface area contributed by atoms with Crippen LogP contribution in [0.25, 0.3) is 0 Å². The fraction of sp³-hybridized carbons (Fsp3) is 1.00. The monoisotopic (exact) mass is 190 g/mol. The summed E-state index contributed by atoms with van der Waals surface area (Å²) in [5, 5.41) is 8.06. The number of hydrogen-bond donors (Lipinski definition) is 1. The van der Waals surface area contributed by atoms with Gasteiger partial charge in [0.15, 0.2) is 0 Å². The van der Waals surface area contributed by atoms with Crippen LogP contribution in [0.15, 0.2) is 0 Å². The van der Waals surface area contributed by atoms with E-state index in [-0.39, 0.29) is 17.4 Å². The molecule has 0 rings (SSSR count). The summed E-state index contributed by atoms with van der Waals surface area (Å²) in [4.78, 5) is 0. The van der Waals surface area contributed by atoms with E-state index in [0.29, 0.717) is 12.3 Å². The van der Waals surface area contributed by atoms with Crippen LogP contribution >= 0.6 is 34.8 Å². The molecule has 0 spiro atoms. The molecule has 4 heteroatoms. The van der Waals surface area contributed by atoms with Gasteiger partial charge >= 0.3 is 0 Å². The van der Waals surface area contributed by atoms with E-state index >= 15 is 0 Å². The zero-order valence-corrected chi connectivity index (χ0v) is 7.12. The van der Waals surface area contributed by atoms with Crippen molar-refractivity contribution in [2.24, 2.45) is 0 Å². The fourth-order valence-corrected chi connectivity index (χ4v) is 1.06. The maximum Gasteiger partial charge on any atom is 0.0595 e. The summed E-state index contributed by atoms with van der Waals surface area (Å²) in [6.07, 6.45) is 0.559. The van der Waals surface area contributed by atoms with Crippen molar-refractivity contribution in [2.45, 2.75) is 17.2 Å². The Morgan fingerprint density at radius 1 is 1.22 bits per heavy atom. The van der Waals surface area contributed by atoms with Gasteiger partial charge in [0.1, 0.15) is 0 Å². The molecule has 0 aliphatic rings. The highest BCUT2D eigenvalue weighted by molar-refractivity contribution is 6.28. The molecule has 0 amide bonds. The maximum atomic E-state index is 8.45. The molecule has 0 aliphatic heterocycles. The summed E-state index contributed by atoms with van der Waals surface area (Å²) in [5.41, 5.74) is 0. The first-order valence-corrected chi connectivity index (χ1v) is 4.06. The standard InChI is InChI=1S/C5H9Cl3O/c6-2-4(7)1-5(8)3-9/h4-5,9H,1-3H2/t4-,5-/m0/s1. The van der Waals surface area contributed by atoms with Crippen molar-refractivity contribution in [1.82, 2.24) is 0 Å². The van der Waals surface area contributed by atoms with Crippen LogP contribution in [0.1, 0.15) is 6.42 Å². The summed E-state index contributed by atoms with van der Waals surface area (Å²) in [6, 6.07) is 0. The molecule has 0 saturated heterocycles. The van der Waals surface area contributed by atoms with Crippen molar-refractivity contribution in [1.29, 1.82) is 0 Å². The molecule has 0 heterocycles. The Bertz CT molecular complexity index is 61.2. The lowest BCUT2D eigenvalue weighted by molar-refractivity contribution is 0.288. The molecule has 0 unspecified atom stereocenters. The Kier molecular flexibility index (Phi) is 6.12. The highest BCUT2D eigenvalue weighted by atomic mass is 35.5. The summed E-state index contributed by atoms with van der Waals surface area (Å²) in [5.74, 6) is 0.380. The van der Waals surface area contributed by atoms with Crippen LogP contribution in [0.5, 0.6) is 0 Å². The zero-order valence-electron chi connectivity index (χ0n) is 4.86. The van der Waals surface area contributed by atoms with E-state index in [1.807, 2.05) is 0 Å². The average molecular weight is 191 g/mol. The second-order valence-electron chi connectivity index (χ2n) is 1.77. The fourth-order valence-electron chi connectivity index (χ4n) is 0.415. The third kappa shape index (κ3) is 5.28. The van der Waals surface area contributed by atoms with E-state index < -0.39 is 0 Å². The van der Waals surface area contributed by atoms with Gasteiger partial charge in [-0.2, -0.15) is 0 Å². The van der Waals surface area contributed by atoms with Crippen LogP contribution in [0.3, 0.4) is 0 Å². The van der Waals surface area contributed by atoms with Crippen molar-refractivity contribution in [3.05, 3.63) is 0 Å². The first kappa shape index (κ1) is 9.83. The number of aliphatic hydroxyl groups is 1. The highest BCUT2D eigenvalue weighted by Gasteiger charge is 2.09. The summed E-state index contributed by atoms with van der Waals surface area (Å²) in [7, 11) is 0. The molecule has 9 heavy (non-hydrogen) atoms. The highest BCUT2D eigenvalue weighted by Crippen LogP contribution is 2.11. The molecule has 0 fully saturated rings. The van der Waals surface area contributed by atoms with E-state index in [9.17, 15) is 0 Å². The van der Waals surface area contributed by atoms with Gasteiger partial charge in [-0.25, -0.2) is 0 Å². The lowest BCUT2D eigenvalue weighted by Crippen LogP contribution is -2.12. The Labute approximate surface area is 69.9 Å². The minimum atomic E-state index is -0.258. The molecular weight excluding hydrogens is 182 g/mol. The second kappa shape index (κ2) is 5.60. The lowest BCUT2D eigenvalue weighted by Gasteiger charge is -2.07. The van der Waals surface area contributed by atoms with Crippen molar-refractivity contribution in [3.8, 4) is 0 Å². The van der Waals surface area contributed by atoms with Gasteiger partial charge in [-0.3, -0.25) is 0 Å². The smallest absolute Gasteiger partial charge is 0.0595 e. The molecule has 0 aromatic carbocycles. The Balaban J connectivity index is 3.22. The summed E-state index contributed by atoms with van der Waals surface area (Å²) in [6.45, 7) is -0.0400. The number of halogens is 3. The molecule has 0 bridgehead atoms. The van der Waals surface area contributed by atoms with Crippen LogP contribution in [-0.4, -0.2) is 28.3 Å². The molecule has 2 atom stereocenters. The van der Waals surface area contributed by atoms with Crippen molar-refractivity contribution < 1.29 is 5.11 Å². The molecule has 0 radical (unpaired) electrons. The molecule has 1 nitrogen and oxygen atoms in total. The Morgan fingerprint density at radius 3 is 2.11 bits per heavy atom. The van der Waals surface area contributed by atoms with E-state index in [1.54, 1.807) is 0 Å². The molecule has 0 aromatic heterocycles. The number of alkyl halides is 3. The predicted octanol–water partition coefficient (Wildman–Crippen LogP) is 1.82. The van der Waals surface area contributed by atoms with Gasteiger partial charge in [0.2, 0.25) is 0 Å². The number of aliphatic hydroxyl groups excluding tert-OH is 1. The van der Waals surface area contributed by atoms with Gasteiger partial charge in [0.25, 0.3) is 0 Å². The van der Waals surface area contributed by atoms with Gasteiger partial charge in [-0.15, -0.1) is 34.8 Å². The van der Waals surface area contributed by atoms with E-state index in [2.05, 4.69) is 0 Å². The second-order valence-corrected chi connectivity index (χ2v) is 3.31. The minimum absolute atomic E-state index is 0.0400. The zero-order chi connectivity index (χ0) is 7.28. The maximum absolute atomic E-state index is 8.45. The predicted molar refractivity (Wildman–Crippen MR) is 41.7 cm³/mol. The molecular formula is C5H9Cl3O. The SMILES string of the molecule is OC[C@@H](Cl)C[C@H](Cl)CCl.